The second kappa shape index (κ2) is 6.28. The summed E-state index contributed by atoms with van der Waals surface area (Å²) >= 11 is 12.0. The first-order valence-corrected chi connectivity index (χ1v) is 10.1. The van der Waals surface area contributed by atoms with Gasteiger partial charge in [-0.15, -0.1) is 0 Å². The lowest BCUT2D eigenvalue weighted by Gasteiger charge is -2.54. The van der Waals surface area contributed by atoms with Crippen molar-refractivity contribution in [2.45, 2.75) is 38.1 Å². The van der Waals surface area contributed by atoms with Crippen LogP contribution in [-0.2, 0) is 0 Å². The molecule has 4 fully saturated rings. The monoisotopic (exact) mass is 389 g/mol. The van der Waals surface area contributed by atoms with E-state index in [4.69, 9.17) is 23.2 Å². The molecule has 1 amide bonds. The van der Waals surface area contributed by atoms with Gasteiger partial charge >= 0.3 is 0 Å². The Kier molecular flexibility index (Phi) is 4.02. The van der Waals surface area contributed by atoms with Crippen molar-refractivity contribution in [3.63, 3.8) is 0 Å². The summed E-state index contributed by atoms with van der Waals surface area (Å²) in [5.41, 5.74) is 2.18. The van der Waals surface area contributed by atoms with E-state index in [1.807, 2.05) is 12.1 Å². The smallest absolute Gasteiger partial charge is 0.267 e. The second-order valence-electron chi connectivity index (χ2n) is 8.20. The number of carbonyl (C=O) groups excluding carboxylic acids is 1. The Hall–Kier alpha value is -1.52. The summed E-state index contributed by atoms with van der Waals surface area (Å²) in [6.07, 6.45) is 8.38. The fraction of sp³-hybridized carbons (Fsp3) is 0.500. The van der Waals surface area contributed by atoms with Crippen molar-refractivity contribution >= 4 is 29.1 Å². The van der Waals surface area contributed by atoms with Gasteiger partial charge in [0.1, 0.15) is 16.0 Å². The number of aromatic amines is 1. The van der Waals surface area contributed by atoms with Crippen LogP contribution in [0.3, 0.4) is 0 Å². The van der Waals surface area contributed by atoms with Gasteiger partial charge in [-0.1, -0.05) is 23.2 Å². The molecular formula is C20H21Cl2N3O. The van der Waals surface area contributed by atoms with Gasteiger partial charge in [0.2, 0.25) is 0 Å². The number of pyridine rings is 1. The topological polar surface area (TPSA) is 57.8 Å². The quantitative estimate of drug-likeness (QED) is 0.730. The fourth-order valence-electron chi connectivity index (χ4n) is 5.70. The number of carbonyl (C=O) groups is 1. The van der Waals surface area contributed by atoms with Gasteiger partial charge in [0.15, 0.2) is 0 Å². The van der Waals surface area contributed by atoms with E-state index in [-0.39, 0.29) is 5.91 Å². The number of rotatable bonds is 3. The summed E-state index contributed by atoms with van der Waals surface area (Å²) in [6.45, 7) is 0. The molecule has 26 heavy (non-hydrogen) atoms. The third-order valence-corrected chi connectivity index (χ3v) is 7.08. The molecule has 6 heteroatoms. The lowest BCUT2D eigenvalue weighted by atomic mass is 9.54. The Morgan fingerprint density at radius 3 is 2.42 bits per heavy atom. The predicted octanol–water partition coefficient (Wildman–Crippen LogP) is 4.94. The van der Waals surface area contributed by atoms with Gasteiger partial charge in [-0.3, -0.25) is 4.79 Å². The largest absolute Gasteiger partial charge is 0.357 e. The highest BCUT2D eigenvalue weighted by molar-refractivity contribution is 6.34. The molecule has 4 aliphatic rings. The average molecular weight is 390 g/mol. The van der Waals surface area contributed by atoms with Crippen molar-refractivity contribution < 1.29 is 4.79 Å². The molecular weight excluding hydrogens is 369 g/mol. The van der Waals surface area contributed by atoms with Crippen LogP contribution in [0.2, 0.25) is 10.3 Å². The van der Waals surface area contributed by atoms with Crippen LogP contribution in [0, 0.1) is 23.7 Å². The molecule has 0 spiro atoms. The zero-order valence-corrected chi connectivity index (χ0v) is 15.9. The van der Waals surface area contributed by atoms with Crippen molar-refractivity contribution in [2.24, 2.45) is 23.7 Å². The number of aromatic nitrogens is 2. The molecule has 4 nitrogen and oxygen atoms in total. The molecule has 4 saturated carbocycles. The first-order valence-electron chi connectivity index (χ1n) is 9.38. The Labute approximate surface area is 162 Å². The molecule has 0 saturated heterocycles. The number of H-pyrrole nitrogens is 1. The van der Waals surface area contributed by atoms with Crippen molar-refractivity contribution in [3.8, 4) is 11.1 Å². The number of hydrogen-bond donors (Lipinski definition) is 2. The Morgan fingerprint density at radius 2 is 1.77 bits per heavy atom. The van der Waals surface area contributed by atoms with Crippen molar-refractivity contribution in [1.82, 2.24) is 15.3 Å². The lowest BCUT2D eigenvalue weighted by Crippen LogP contribution is -2.55. The third kappa shape index (κ3) is 2.84. The maximum atomic E-state index is 12.8. The highest BCUT2D eigenvalue weighted by Gasteiger charge is 2.48. The Morgan fingerprint density at radius 1 is 1.08 bits per heavy atom. The van der Waals surface area contributed by atoms with Crippen LogP contribution in [0.25, 0.3) is 11.1 Å². The molecule has 2 heterocycles. The normalized spacial score (nSPS) is 32.0. The van der Waals surface area contributed by atoms with E-state index in [1.165, 1.54) is 32.1 Å². The van der Waals surface area contributed by atoms with Gasteiger partial charge in [0, 0.05) is 23.4 Å². The van der Waals surface area contributed by atoms with E-state index in [0.29, 0.717) is 33.9 Å². The Bertz CT molecular complexity index is 834. The molecule has 136 valence electrons. The molecule has 2 aromatic heterocycles. The lowest BCUT2D eigenvalue weighted by molar-refractivity contribution is -0.0120. The van der Waals surface area contributed by atoms with Gasteiger partial charge in [-0.25, -0.2) is 4.98 Å². The summed E-state index contributed by atoms with van der Waals surface area (Å²) < 4.78 is 0. The molecule has 6 rings (SSSR count). The van der Waals surface area contributed by atoms with E-state index in [2.05, 4.69) is 15.3 Å². The zero-order valence-electron chi connectivity index (χ0n) is 14.3. The van der Waals surface area contributed by atoms with E-state index in [0.717, 1.165) is 23.0 Å². The maximum absolute atomic E-state index is 12.8. The van der Waals surface area contributed by atoms with Gasteiger partial charge in [0.05, 0.1) is 0 Å². The SMILES string of the molecule is O=C(NC1C2CC3CC(C2)CC1C3)c1cc(-c2ccc(Cl)nc2Cl)c[nH]1. The van der Waals surface area contributed by atoms with E-state index in [1.54, 1.807) is 12.3 Å². The van der Waals surface area contributed by atoms with Gasteiger partial charge in [-0.2, -0.15) is 0 Å². The maximum Gasteiger partial charge on any atom is 0.267 e. The molecule has 0 aromatic carbocycles. The minimum absolute atomic E-state index is 0.0215. The third-order valence-electron chi connectivity index (χ3n) is 6.58. The van der Waals surface area contributed by atoms with E-state index < -0.39 is 0 Å². The molecule has 0 unspecified atom stereocenters. The van der Waals surface area contributed by atoms with Crippen molar-refractivity contribution in [2.75, 3.05) is 0 Å². The summed E-state index contributed by atoms with van der Waals surface area (Å²) in [5.74, 6) is 3.12. The van der Waals surface area contributed by atoms with Crippen LogP contribution >= 0.6 is 23.2 Å². The summed E-state index contributed by atoms with van der Waals surface area (Å²) in [5, 5.41) is 4.02. The number of nitrogens with one attached hydrogen (secondary N) is 2. The fourth-order valence-corrected chi connectivity index (χ4v) is 6.15. The second-order valence-corrected chi connectivity index (χ2v) is 8.95. The highest BCUT2D eigenvalue weighted by Crippen LogP contribution is 2.53. The first kappa shape index (κ1) is 16.6. The predicted molar refractivity (Wildman–Crippen MR) is 102 cm³/mol. The molecule has 0 atom stereocenters. The summed E-state index contributed by atoms with van der Waals surface area (Å²) in [7, 11) is 0. The van der Waals surface area contributed by atoms with Crippen molar-refractivity contribution in [3.05, 3.63) is 40.4 Å². The Balaban J connectivity index is 1.33. The highest BCUT2D eigenvalue weighted by atomic mass is 35.5. The first-order chi connectivity index (χ1) is 12.6. The number of nitrogens with zero attached hydrogens (tertiary/aromatic N) is 1. The minimum atomic E-state index is -0.0215. The molecule has 0 radical (unpaired) electrons. The minimum Gasteiger partial charge on any atom is -0.357 e. The average Bonchev–Trinajstić information content (AvgIpc) is 3.07. The molecule has 4 bridgehead atoms. The van der Waals surface area contributed by atoms with Crippen LogP contribution in [0.1, 0.15) is 42.6 Å². The van der Waals surface area contributed by atoms with Crippen LogP contribution < -0.4 is 5.32 Å². The standard InChI is InChI=1S/C20H21Cl2N3O/c21-17-2-1-15(19(22)24-17)14-8-16(23-9-14)20(26)25-18-12-4-10-3-11(6-12)7-13(18)5-10/h1-2,8-13,18,23H,3-7H2,(H,25,26). The number of amides is 1. The van der Waals surface area contributed by atoms with E-state index in [9.17, 15) is 4.79 Å². The van der Waals surface area contributed by atoms with Gasteiger partial charge < -0.3 is 10.3 Å². The zero-order chi connectivity index (χ0) is 17.8. The summed E-state index contributed by atoms with van der Waals surface area (Å²) in [4.78, 5) is 20.0. The van der Waals surface area contributed by atoms with Crippen LogP contribution in [0.4, 0.5) is 0 Å². The van der Waals surface area contributed by atoms with Crippen LogP contribution in [0.5, 0.6) is 0 Å². The van der Waals surface area contributed by atoms with Gasteiger partial charge in [0.25, 0.3) is 5.91 Å². The molecule has 2 N–H and O–H groups in total. The van der Waals surface area contributed by atoms with Crippen LogP contribution in [0.15, 0.2) is 24.4 Å². The van der Waals surface area contributed by atoms with Gasteiger partial charge in [-0.05, 0) is 74.0 Å². The molecule has 2 aromatic rings. The van der Waals surface area contributed by atoms with E-state index >= 15 is 0 Å². The molecule has 0 aliphatic heterocycles. The number of hydrogen-bond acceptors (Lipinski definition) is 2. The van der Waals surface area contributed by atoms with Crippen LogP contribution in [-0.4, -0.2) is 21.9 Å². The number of halogens is 2. The van der Waals surface area contributed by atoms with Crippen molar-refractivity contribution in [1.29, 1.82) is 0 Å². The summed E-state index contributed by atoms with van der Waals surface area (Å²) in [6, 6.07) is 5.69. The molecule has 4 aliphatic carbocycles.